The highest BCUT2D eigenvalue weighted by molar-refractivity contribution is 9.10. The number of amides is 1. The lowest BCUT2D eigenvalue weighted by Crippen LogP contribution is -2.40. The van der Waals surface area contributed by atoms with Gasteiger partial charge < -0.3 is 4.90 Å². The summed E-state index contributed by atoms with van der Waals surface area (Å²) in [7, 11) is 0.0291. The third-order valence-corrected chi connectivity index (χ3v) is 7.46. The van der Waals surface area contributed by atoms with Crippen LogP contribution in [-0.2, 0) is 21.2 Å². The lowest BCUT2D eigenvalue weighted by atomic mass is 10.1. The van der Waals surface area contributed by atoms with Gasteiger partial charge in [0.1, 0.15) is 0 Å². The van der Waals surface area contributed by atoms with Gasteiger partial charge in [0.05, 0.1) is 17.7 Å². The Morgan fingerprint density at radius 3 is 2.24 bits per heavy atom. The second-order valence-corrected chi connectivity index (χ2v) is 10.7. The molecule has 3 aromatic carbocycles. The number of nitrogens with one attached hydrogen (secondary N) is 1. The molecular weight excluding hydrogens is 516 g/mol. The number of benzene rings is 3. The van der Waals surface area contributed by atoms with Gasteiger partial charge >= 0.3 is 0 Å². The minimum absolute atomic E-state index is 0.126. The van der Waals surface area contributed by atoms with Gasteiger partial charge in [-0.15, -0.1) is 0 Å². The van der Waals surface area contributed by atoms with Crippen molar-refractivity contribution in [2.24, 2.45) is 5.10 Å². The maximum Gasteiger partial charge on any atom is 0.255 e. The predicted octanol–water partition coefficient (Wildman–Crippen LogP) is 3.90. The Morgan fingerprint density at radius 1 is 0.971 bits per heavy atom. The Labute approximate surface area is 209 Å². The van der Waals surface area contributed by atoms with Crippen molar-refractivity contribution in [3.8, 4) is 0 Å². The summed E-state index contributed by atoms with van der Waals surface area (Å²) in [5.74, 6) is -0.519. The molecule has 0 saturated heterocycles. The summed E-state index contributed by atoms with van der Waals surface area (Å²) in [6.07, 6.45) is 2.00. The van der Waals surface area contributed by atoms with Crippen molar-refractivity contribution in [1.82, 2.24) is 9.73 Å². The van der Waals surface area contributed by atoms with Gasteiger partial charge in [-0.25, -0.2) is 13.8 Å². The minimum atomic E-state index is -3.88. The van der Waals surface area contributed by atoms with Crippen LogP contribution in [0.5, 0.6) is 0 Å². The van der Waals surface area contributed by atoms with Crippen molar-refractivity contribution in [3.63, 3.8) is 0 Å². The van der Waals surface area contributed by atoms with Crippen LogP contribution < -0.4 is 10.3 Å². The van der Waals surface area contributed by atoms with E-state index in [9.17, 15) is 13.2 Å². The van der Waals surface area contributed by atoms with Crippen LogP contribution in [0.15, 0.2) is 93.3 Å². The number of carbonyl (C=O) groups excluding carboxylic acids is 1. The molecule has 0 aromatic heterocycles. The molecule has 1 N–H and O–H groups in total. The molecule has 3 aromatic rings. The number of carbonyl (C=O) groups is 1. The molecule has 0 aliphatic heterocycles. The standard InChI is InChI=1S/C25H27BrN4O3S/c1-29(2)23-12-8-21(9-13-23)18-27-28-25(31)19-30(17-16-20-6-4-3-5-7-20)34(32,33)24-14-10-22(26)11-15-24/h3-15,18H,16-17,19H2,1-2H3,(H,28,31)/b27-18-. The van der Waals surface area contributed by atoms with E-state index in [0.717, 1.165) is 21.3 Å². The predicted molar refractivity (Wildman–Crippen MR) is 140 cm³/mol. The fourth-order valence-electron chi connectivity index (χ4n) is 3.17. The SMILES string of the molecule is CN(C)c1ccc(/C=N\NC(=O)CN(CCc2ccccc2)S(=O)(=O)c2ccc(Br)cc2)cc1. The van der Waals surface area contributed by atoms with E-state index < -0.39 is 15.9 Å². The molecule has 178 valence electrons. The number of halogens is 1. The third kappa shape index (κ3) is 7.24. The molecule has 0 aliphatic carbocycles. The molecule has 0 spiro atoms. The molecule has 3 rings (SSSR count). The fraction of sp³-hybridized carbons (Fsp3) is 0.200. The minimum Gasteiger partial charge on any atom is -0.378 e. The highest BCUT2D eigenvalue weighted by atomic mass is 79.9. The van der Waals surface area contributed by atoms with Crippen LogP contribution in [0.25, 0.3) is 0 Å². The van der Waals surface area contributed by atoms with Crippen molar-refractivity contribution in [3.05, 3.63) is 94.5 Å². The quantitative estimate of drug-likeness (QED) is 0.311. The van der Waals surface area contributed by atoms with Crippen LogP contribution >= 0.6 is 15.9 Å². The first kappa shape index (κ1) is 25.6. The van der Waals surface area contributed by atoms with Gasteiger partial charge in [0.25, 0.3) is 5.91 Å². The summed E-state index contributed by atoms with van der Waals surface area (Å²) < 4.78 is 28.5. The number of sulfonamides is 1. The van der Waals surface area contributed by atoms with Crippen LogP contribution in [0.2, 0.25) is 0 Å². The summed E-state index contributed by atoms with van der Waals surface area (Å²) in [6, 6.07) is 23.6. The molecule has 34 heavy (non-hydrogen) atoms. The smallest absolute Gasteiger partial charge is 0.255 e. The Balaban J connectivity index is 1.70. The van der Waals surface area contributed by atoms with Crippen LogP contribution in [0.4, 0.5) is 5.69 Å². The van der Waals surface area contributed by atoms with Crippen molar-refractivity contribution < 1.29 is 13.2 Å². The monoisotopic (exact) mass is 542 g/mol. The van der Waals surface area contributed by atoms with E-state index >= 15 is 0 Å². The molecule has 0 atom stereocenters. The van der Waals surface area contributed by atoms with Crippen molar-refractivity contribution in [2.75, 3.05) is 32.1 Å². The molecule has 0 unspecified atom stereocenters. The van der Waals surface area contributed by atoms with Gasteiger partial charge in [-0.3, -0.25) is 4.79 Å². The molecule has 0 radical (unpaired) electrons. The number of nitrogens with zero attached hydrogens (tertiary/aromatic N) is 3. The fourth-order valence-corrected chi connectivity index (χ4v) is 4.83. The van der Waals surface area contributed by atoms with E-state index in [1.54, 1.807) is 12.1 Å². The number of rotatable bonds is 10. The van der Waals surface area contributed by atoms with Crippen LogP contribution in [0.1, 0.15) is 11.1 Å². The highest BCUT2D eigenvalue weighted by Crippen LogP contribution is 2.19. The maximum atomic E-state index is 13.3. The molecule has 0 bridgehead atoms. The van der Waals surface area contributed by atoms with E-state index in [1.807, 2.05) is 73.6 Å². The first-order valence-corrected chi connectivity index (χ1v) is 12.9. The van der Waals surface area contributed by atoms with Crippen LogP contribution in [-0.4, -0.2) is 52.0 Å². The molecule has 1 amide bonds. The third-order valence-electron chi connectivity index (χ3n) is 5.08. The Kier molecular flexibility index (Phi) is 8.98. The number of hydrogen-bond acceptors (Lipinski definition) is 5. The second-order valence-electron chi connectivity index (χ2n) is 7.81. The highest BCUT2D eigenvalue weighted by Gasteiger charge is 2.26. The molecule has 0 aliphatic rings. The average molecular weight is 543 g/mol. The molecular formula is C25H27BrN4O3S. The van der Waals surface area contributed by atoms with Gasteiger partial charge in [0, 0.05) is 30.8 Å². The average Bonchev–Trinajstić information content (AvgIpc) is 2.83. The van der Waals surface area contributed by atoms with Gasteiger partial charge in [-0.1, -0.05) is 58.4 Å². The normalized spacial score (nSPS) is 11.6. The molecule has 0 fully saturated rings. The Hall–Kier alpha value is -3.01. The van der Waals surface area contributed by atoms with Gasteiger partial charge in [0.2, 0.25) is 10.0 Å². The van der Waals surface area contributed by atoms with Gasteiger partial charge in [0.15, 0.2) is 0 Å². The number of hydrogen-bond donors (Lipinski definition) is 1. The number of anilines is 1. The summed E-state index contributed by atoms with van der Waals surface area (Å²) in [5.41, 5.74) is 5.28. The Morgan fingerprint density at radius 2 is 1.62 bits per heavy atom. The topological polar surface area (TPSA) is 82.1 Å². The summed E-state index contributed by atoms with van der Waals surface area (Å²) in [4.78, 5) is 14.7. The lowest BCUT2D eigenvalue weighted by Gasteiger charge is -2.21. The zero-order valence-corrected chi connectivity index (χ0v) is 21.5. The van der Waals surface area contributed by atoms with E-state index in [0.29, 0.717) is 6.42 Å². The van der Waals surface area contributed by atoms with Crippen molar-refractivity contribution >= 4 is 43.8 Å². The first-order chi connectivity index (χ1) is 16.3. The zero-order chi connectivity index (χ0) is 24.6. The van der Waals surface area contributed by atoms with Crippen LogP contribution in [0, 0.1) is 0 Å². The molecule has 7 nitrogen and oxygen atoms in total. The summed E-state index contributed by atoms with van der Waals surface area (Å²) in [5, 5.41) is 3.99. The molecule has 0 heterocycles. The zero-order valence-electron chi connectivity index (χ0n) is 19.1. The van der Waals surface area contributed by atoms with Gasteiger partial charge in [-0.2, -0.15) is 9.41 Å². The summed E-state index contributed by atoms with van der Waals surface area (Å²) in [6.45, 7) is -0.187. The molecule has 9 heteroatoms. The van der Waals surface area contributed by atoms with E-state index in [2.05, 4.69) is 26.5 Å². The first-order valence-electron chi connectivity index (χ1n) is 10.6. The van der Waals surface area contributed by atoms with Crippen molar-refractivity contribution in [2.45, 2.75) is 11.3 Å². The lowest BCUT2D eigenvalue weighted by molar-refractivity contribution is -0.121. The van der Waals surface area contributed by atoms with Gasteiger partial charge in [-0.05, 0) is 53.9 Å². The maximum absolute atomic E-state index is 13.3. The van der Waals surface area contributed by atoms with E-state index in [4.69, 9.17) is 0 Å². The largest absolute Gasteiger partial charge is 0.378 e. The second kappa shape index (κ2) is 11.9. The van der Waals surface area contributed by atoms with Crippen LogP contribution in [0.3, 0.4) is 0 Å². The summed E-state index contributed by atoms with van der Waals surface area (Å²) >= 11 is 3.32. The van der Waals surface area contributed by atoms with Crippen molar-refractivity contribution in [1.29, 1.82) is 0 Å². The van der Waals surface area contributed by atoms with E-state index in [1.165, 1.54) is 22.7 Å². The Bertz CT molecular complexity index is 1210. The van der Waals surface area contributed by atoms with E-state index in [-0.39, 0.29) is 18.0 Å². The number of hydrazone groups is 1. The molecule has 0 saturated carbocycles.